The van der Waals surface area contributed by atoms with Gasteiger partial charge in [-0.25, -0.2) is 4.79 Å². The first kappa shape index (κ1) is 19.6. The highest BCUT2D eigenvalue weighted by molar-refractivity contribution is 7.98. The maximum absolute atomic E-state index is 12.7. The van der Waals surface area contributed by atoms with Crippen molar-refractivity contribution < 1.29 is 14.3 Å². The molecule has 25 heavy (non-hydrogen) atoms. The van der Waals surface area contributed by atoms with Crippen molar-refractivity contribution in [3.05, 3.63) is 24.3 Å². The number of likely N-dealkylation sites (tertiary alicyclic amines) is 1. The largest absolute Gasteiger partial charge is 0.444 e. The van der Waals surface area contributed by atoms with Crippen molar-refractivity contribution in [1.29, 1.82) is 0 Å². The van der Waals surface area contributed by atoms with Gasteiger partial charge in [-0.05, 0) is 64.1 Å². The average molecular weight is 365 g/mol. The molecule has 1 aliphatic heterocycles. The van der Waals surface area contributed by atoms with Crippen molar-refractivity contribution in [3.8, 4) is 0 Å². The lowest BCUT2D eigenvalue weighted by Gasteiger charge is -2.38. The fourth-order valence-electron chi connectivity index (χ4n) is 2.69. The number of anilines is 1. The number of piperidine rings is 1. The predicted octanol–water partition coefficient (Wildman–Crippen LogP) is 4.38. The van der Waals surface area contributed by atoms with Crippen molar-refractivity contribution >= 4 is 29.4 Å². The molecule has 0 saturated carbocycles. The normalized spacial score (nSPS) is 17.1. The lowest BCUT2D eigenvalue weighted by molar-refractivity contribution is -0.127. The van der Waals surface area contributed by atoms with Gasteiger partial charge in [-0.15, -0.1) is 11.8 Å². The van der Waals surface area contributed by atoms with Gasteiger partial charge in [-0.3, -0.25) is 4.79 Å². The highest BCUT2D eigenvalue weighted by Gasteiger charge is 2.39. The summed E-state index contributed by atoms with van der Waals surface area (Å²) in [7, 11) is 0. The van der Waals surface area contributed by atoms with Crippen molar-refractivity contribution in [2.24, 2.45) is 5.41 Å². The van der Waals surface area contributed by atoms with Crippen LogP contribution in [0.3, 0.4) is 0 Å². The number of carbonyl (C=O) groups is 2. The molecule has 0 unspecified atom stereocenters. The Morgan fingerprint density at radius 3 is 2.20 bits per heavy atom. The van der Waals surface area contributed by atoms with E-state index in [4.69, 9.17) is 4.74 Å². The molecule has 2 amide bonds. The van der Waals surface area contributed by atoms with Crippen molar-refractivity contribution in [2.45, 2.75) is 51.0 Å². The quantitative estimate of drug-likeness (QED) is 0.809. The second kappa shape index (κ2) is 7.68. The van der Waals surface area contributed by atoms with Crippen LogP contribution in [0.25, 0.3) is 0 Å². The second-order valence-corrected chi connectivity index (χ2v) is 8.59. The van der Waals surface area contributed by atoms with Gasteiger partial charge in [0.2, 0.25) is 5.91 Å². The van der Waals surface area contributed by atoms with Crippen LogP contribution in [0, 0.1) is 5.41 Å². The summed E-state index contributed by atoms with van der Waals surface area (Å²) in [6.45, 7) is 8.59. The highest BCUT2D eigenvalue weighted by Crippen LogP contribution is 2.33. The minimum Gasteiger partial charge on any atom is -0.444 e. The molecule has 0 spiro atoms. The number of nitrogens with one attached hydrogen (secondary N) is 1. The third-order valence-corrected chi connectivity index (χ3v) is 5.16. The van der Waals surface area contributed by atoms with Crippen LogP contribution in [0.15, 0.2) is 29.2 Å². The van der Waals surface area contributed by atoms with Gasteiger partial charge in [0, 0.05) is 23.7 Å². The van der Waals surface area contributed by atoms with Gasteiger partial charge < -0.3 is 15.0 Å². The summed E-state index contributed by atoms with van der Waals surface area (Å²) in [4.78, 5) is 27.7. The Hall–Kier alpha value is -1.69. The fourth-order valence-corrected chi connectivity index (χ4v) is 3.10. The van der Waals surface area contributed by atoms with Crippen LogP contribution in [0.2, 0.25) is 0 Å². The van der Waals surface area contributed by atoms with Gasteiger partial charge in [0.05, 0.1) is 5.41 Å². The van der Waals surface area contributed by atoms with Crippen LogP contribution in [-0.2, 0) is 9.53 Å². The van der Waals surface area contributed by atoms with Gasteiger partial charge in [0.1, 0.15) is 5.60 Å². The second-order valence-electron chi connectivity index (χ2n) is 7.71. The number of carbonyl (C=O) groups excluding carboxylic acids is 2. The summed E-state index contributed by atoms with van der Waals surface area (Å²) in [6.07, 6.45) is 2.97. The number of hydrogen-bond donors (Lipinski definition) is 1. The van der Waals surface area contributed by atoms with E-state index in [1.807, 2.05) is 58.2 Å². The third kappa shape index (κ3) is 5.39. The first-order valence-corrected chi connectivity index (χ1v) is 9.79. The van der Waals surface area contributed by atoms with E-state index in [1.54, 1.807) is 16.7 Å². The van der Waals surface area contributed by atoms with E-state index in [-0.39, 0.29) is 12.0 Å². The Kier molecular flexibility index (Phi) is 6.03. The monoisotopic (exact) mass is 364 g/mol. The van der Waals surface area contributed by atoms with E-state index in [0.717, 1.165) is 10.6 Å². The molecule has 1 aromatic rings. The molecule has 0 radical (unpaired) electrons. The van der Waals surface area contributed by atoms with Crippen LogP contribution < -0.4 is 5.32 Å². The molecule has 1 N–H and O–H groups in total. The van der Waals surface area contributed by atoms with Gasteiger partial charge in [-0.1, -0.05) is 6.92 Å². The van der Waals surface area contributed by atoms with Crippen LogP contribution in [-0.4, -0.2) is 41.8 Å². The standard InChI is InChI=1S/C19H28N2O3S/c1-18(2,3)24-17(23)21-12-10-19(4,11-13-21)16(22)20-14-6-8-15(25-5)9-7-14/h6-9H,10-13H2,1-5H3,(H,20,22). The molecule has 6 heteroatoms. The molecule has 0 atom stereocenters. The minimum atomic E-state index is -0.502. The molecule has 138 valence electrons. The summed E-state index contributed by atoms with van der Waals surface area (Å²) < 4.78 is 5.41. The van der Waals surface area contributed by atoms with Crippen molar-refractivity contribution in [1.82, 2.24) is 4.90 Å². The first-order chi connectivity index (χ1) is 11.6. The highest BCUT2D eigenvalue weighted by atomic mass is 32.2. The zero-order valence-corrected chi connectivity index (χ0v) is 16.5. The van der Waals surface area contributed by atoms with Crippen molar-refractivity contribution in [3.63, 3.8) is 0 Å². The smallest absolute Gasteiger partial charge is 0.410 e. The predicted molar refractivity (Wildman–Crippen MR) is 102 cm³/mol. The number of benzene rings is 1. The Balaban J connectivity index is 1.92. The summed E-state index contributed by atoms with van der Waals surface area (Å²) in [6, 6.07) is 7.83. The molecule has 1 heterocycles. The summed E-state index contributed by atoms with van der Waals surface area (Å²) in [5.74, 6) is 0.00763. The zero-order valence-electron chi connectivity index (χ0n) is 15.7. The molecular formula is C19H28N2O3S. The van der Waals surface area contributed by atoms with E-state index in [9.17, 15) is 9.59 Å². The van der Waals surface area contributed by atoms with Gasteiger partial charge in [-0.2, -0.15) is 0 Å². The first-order valence-electron chi connectivity index (χ1n) is 8.56. The lowest BCUT2D eigenvalue weighted by atomic mass is 9.79. The molecule has 1 aliphatic rings. The minimum absolute atomic E-state index is 0.00763. The molecular weight excluding hydrogens is 336 g/mol. The van der Waals surface area contributed by atoms with Crippen LogP contribution >= 0.6 is 11.8 Å². The SMILES string of the molecule is CSc1ccc(NC(=O)C2(C)CCN(C(=O)OC(C)(C)C)CC2)cc1. The molecule has 1 fully saturated rings. The summed E-state index contributed by atoms with van der Waals surface area (Å²) in [5.41, 5.74) is -0.173. The number of amides is 2. The Bertz CT molecular complexity index is 615. The number of hydrogen-bond acceptors (Lipinski definition) is 4. The fraction of sp³-hybridized carbons (Fsp3) is 0.579. The van der Waals surface area contributed by atoms with Gasteiger partial charge in [0.15, 0.2) is 0 Å². The Labute approximate surface area is 154 Å². The molecule has 1 saturated heterocycles. The summed E-state index contributed by atoms with van der Waals surface area (Å²) in [5, 5.41) is 3.00. The van der Waals surface area contributed by atoms with Crippen molar-refractivity contribution in [2.75, 3.05) is 24.7 Å². The average Bonchev–Trinajstić information content (AvgIpc) is 2.54. The van der Waals surface area contributed by atoms with Crippen LogP contribution in [0.5, 0.6) is 0 Å². The van der Waals surface area contributed by atoms with E-state index < -0.39 is 11.0 Å². The van der Waals surface area contributed by atoms with E-state index >= 15 is 0 Å². The number of nitrogens with zero attached hydrogens (tertiary/aromatic N) is 1. The summed E-state index contributed by atoms with van der Waals surface area (Å²) >= 11 is 1.67. The molecule has 0 aromatic heterocycles. The van der Waals surface area contributed by atoms with Gasteiger partial charge >= 0.3 is 6.09 Å². The number of rotatable bonds is 3. The van der Waals surface area contributed by atoms with E-state index in [1.165, 1.54) is 0 Å². The third-order valence-electron chi connectivity index (χ3n) is 4.41. The van der Waals surface area contributed by atoms with Gasteiger partial charge in [0.25, 0.3) is 0 Å². The molecule has 5 nitrogen and oxygen atoms in total. The lowest BCUT2D eigenvalue weighted by Crippen LogP contribution is -2.48. The van der Waals surface area contributed by atoms with Crippen LogP contribution in [0.4, 0.5) is 10.5 Å². The number of ether oxygens (including phenoxy) is 1. The maximum atomic E-state index is 12.7. The number of thioether (sulfide) groups is 1. The van der Waals surface area contributed by atoms with E-state index in [2.05, 4.69) is 5.32 Å². The maximum Gasteiger partial charge on any atom is 0.410 e. The topological polar surface area (TPSA) is 58.6 Å². The molecule has 0 bridgehead atoms. The molecule has 1 aromatic carbocycles. The Morgan fingerprint density at radius 2 is 1.72 bits per heavy atom. The zero-order chi connectivity index (χ0) is 18.7. The molecule has 0 aliphatic carbocycles. The van der Waals surface area contributed by atoms with Crippen LogP contribution in [0.1, 0.15) is 40.5 Å². The van der Waals surface area contributed by atoms with E-state index in [0.29, 0.717) is 25.9 Å². The molecule has 2 rings (SSSR count). The Morgan fingerprint density at radius 1 is 1.16 bits per heavy atom.